The second-order valence-corrected chi connectivity index (χ2v) is 5.44. The number of fused-ring (bicyclic) bond motifs is 1. The van der Waals surface area contributed by atoms with Gasteiger partial charge >= 0.3 is 0 Å². The van der Waals surface area contributed by atoms with Crippen LogP contribution in [0, 0.1) is 0 Å². The predicted molar refractivity (Wildman–Crippen MR) is 73.9 cm³/mol. The molecule has 104 valence electrons. The van der Waals surface area contributed by atoms with Gasteiger partial charge in [0.1, 0.15) is 5.76 Å². The van der Waals surface area contributed by atoms with Crippen LogP contribution in [-0.2, 0) is 11.3 Å². The summed E-state index contributed by atoms with van der Waals surface area (Å²) in [5, 5.41) is 0. The zero-order valence-corrected chi connectivity index (χ0v) is 11.3. The number of rotatable bonds is 5. The van der Waals surface area contributed by atoms with Crippen molar-refractivity contribution in [1.82, 2.24) is 9.80 Å². The smallest absolute Gasteiger partial charge is 0.117 e. The topological polar surface area (TPSA) is 28.9 Å². The highest BCUT2D eigenvalue weighted by Gasteiger charge is 2.36. The molecule has 1 aromatic heterocycles. The van der Waals surface area contributed by atoms with E-state index in [0.29, 0.717) is 18.8 Å². The van der Waals surface area contributed by atoms with Gasteiger partial charge < -0.3 is 9.15 Å². The Labute approximate surface area is 114 Å². The molecule has 4 heteroatoms. The molecule has 2 atom stereocenters. The van der Waals surface area contributed by atoms with Gasteiger partial charge in [-0.05, 0) is 18.6 Å². The minimum Gasteiger partial charge on any atom is -0.468 e. The van der Waals surface area contributed by atoms with Crippen molar-refractivity contribution in [3.05, 3.63) is 36.8 Å². The molecule has 0 unspecified atom stereocenters. The summed E-state index contributed by atoms with van der Waals surface area (Å²) in [5.74, 6) is 1.06. The lowest BCUT2D eigenvalue weighted by Gasteiger charge is -2.36. The standard InChI is InChI=1S/C15H22N2O2/c1-2-7-18-15-9-13-10-16(5-6-17(13)12-15)11-14-4-3-8-19-14/h2-4,8,13,15H,1,5-7,9-12H2/t13-,15-/m0/s1. The number of ether oxygens (including phenoxy) is 1. The number of nitrogens with zero attached hydrogens (tertiary/aromatic N) is 2. The fourth-order valence-corrected chi connectivity index (χ4v) is 3.15. The number of piperazine rings is 1. The molecule has 0 saturated carbocycles. The predicted octanol–water partition coefficient (Wildman–Crippen LogP) is 1.74. The Kier molecular flexibility index (Phi) is 4.01. The summed E-state index contributed by atoms with van der Waals surface area (Å²) in [5.41, 5.74) is 0. The van der Waals surface area contributed by atoms with Crippen LogP contribution in [0.2, 0.25) is 0 Å². The minimum atomic E-state index is 0.381. The van der Waals surface area contributed by atoms with Gasteiger partial charge in [0.25, 0.3) is 0 Å². The maximum absolute atomic E-state index is 5.79. The van der Waals surface area contributed by atoms with Gasteiger partial charge in [0.2, 0.25) is 0 Å². The molecule has 0 aromatic carbocycles. The van der Waals surface area contributed by atoms with Gasteiger partial charge in [-0.3, -0.25) is 9.80 Å². The summed E-state index contributed by atoms with van der Waals surface area (Å²) in [6, 6.07) is 4.65. The van der Waals surface area contributed by atoms with Crippen LogP contribution in [0.5, 0.6) is 0 Å². The van der Waals surface area contributed by atoms with Gasteiger partial charge in [-0.2, -0.15) is 0 Å². The number of hydrogen-bond acceptors (Lipinski definition) is 4. The van der Waals surface area contributed by atoms with E-state index < -0.39 is 0 Å². The van der Waals surface area contributed by atoms with Crippen molar-refractivity contribution in [2.75, 3.05) is 32.8 Å². The molecule has 0 amide bonds. The van der Waals surface area contributed by atoms with Crippen LogP contribution in [0.25, 0.3) is 0 Å². The maximum atomic E-state index is 5.79. The average molecular weight is 262 g/mol. The number of hydrogen-bond donors (Lipinski definition) is 0. The molecule has 0 bridgehead atoms. The summed E-state index contributed by atoms with van der Waals surface area (Å²) in [7, 11) is 0. The molecule has 2 aliphatic heterocycles. The normalized spacial score (nSPS) is 28.4. The lowest BCUT2D eigenvalue weighted by atomic mass is 10.1. The fourth-order valence-electron chi connectivity index (χ4n) is 3.15. The van der Waals surface area contributed by atoms with Crippen molar-refractivity contribution in [2.24, 2.45) is 0 Å². The Hall–Kier alpha value is -1.10. The first-order valence-corrected chi connectivity index (χ1v) is 7.06. The number of furan rings is 1. The van der Waals surface area contributed by atoms with Gasteiger partial charge in [-0.1, -0.05) is 6.08 Å². The molecule has 0 spiro atoms. The van der Waals surface area contributed by atoms with Gasteiger partial charge in [-0.15, -0.1) is 6.58 Å². The van der Waals surface area contributed by atoms with Crippen molar-refractivity contribution in [1.29, 1.82) is 0 Å². The summed E-state index contributed by atoms with van der Waals surface area (Å²) in [4.78, 5) is 5.04. The Morgan fingerprint density at radius 3 is 3.16 bits per heavy atom. The van der Waals surface area contributed by atoms with Crippen molar-refractivity contribution < 1.29 is 9.15 Å². The van der Waals surface area contributed by atoms with Crippen LogP contribution < -0.4 is 0 Å². The third kappa shape index (κ3) is 3.08. The summed E-state index contributed by atoms with van der Waals surface area (Å²) in [6.07, 6.45) is 5.11. The zero-order chi connectivity index (χ0) is 13.1. The highest BCUT2D eigenvalue weighted by molar-refractivity contribution is 5.00. The maximum Gasteiger partial charge on any atom is 0.117 e. The van der Waals surface area contributed by atoms with E-state index in [4.69, 9.17) is 9.15 Å². The van der Waals surface area contributed by atoms with E-state index in [2.05, 4.69) is 22.4 Å². The summed E-state index contributed by atoms with van der Waals surface area (Å²) < 4.78 is 11.2. The molecule has 0 aliphatic carbocycles. The first-order chi connectivity index (χ1) is 9.35. The molecule has 19 heavy (non-hydrogen) atoms. The van der Waals surface area contributed by atoms with Crippen LogP contribution in [0.1, 0.15) is 12.2 Å². The van der Waals surface area contributed by atoms with Gasteiger partial charge in [0.15, 0.2) is 0 Å². The molecule has 1 aromatic rings. The summed E-state index contributed by atoms with van der Waals surface area (Å²) >= 11 is 0. The largest absolute Gasteiger partial charge is 0.468 e. The van der Waals surface area contributed by atoms with Gasteiger partial charge in [0, 0.05) is 32.2 Å². The van der Waals surface area contributed by atoms with Crippen molar-refractivity contribution in [3.63, 3.8) is 0 Å². The van der Waals surface area contributed by atoms with Crippen LogP contribution in [0.3, 0.4) is 0 Å². The van der Waals surface area contributed by atoms with E-state index in [1.54, 1.807) is 6.26 Å². The minimum absolute atomic E-state index is 0.381. The molecule has 3 rings (SSSR count). The van der Waals surface area contributed by atoms with E-state index >= 15 is 0 Å². The van der Waals surface area contributed by atoms with E-state index in [-0.39, 0.29) is 0 Å². The molecule has 2 fully saturated rings. The molecule has 3 heterocycles. The van der Waals surface area contributed by atoms with Crippen LogP contribution in [0.15, 0.2) is 35.5 Å². The van der Waals surface area contributed by atoms with Crippen LogP contribution in [-0.4, -0.2) is 54.7 Å². The lowest BCUT2D eigenvalue weighted by Crippen LogP contribution is -2.49. The molecule has 2 aliphatic rings. The van der Waals surface area contributed by atoms with Gasteiger partial charge in [0.05, 0.1) is 25.5 Å². The highest BCUT2D eigenvalue weighted by atomic mass is 16.5. The second kappa shape index (κ2) is 5.90. The Bertz CT molecular complexity index is 404. The van der Waals surface area contributed by atoms with Crippen LogP contribution in [0.4, 0.5) is 0 Å². The molecule has 0 N–H and O–H groups in total. The highest BCUT2D eigenvalue weighted by Crippen LogP contribution is 2.24. The van der Waals surface area contributed by atoms with E-state index in [9.17, 15) is 0 Å². The molecule has 2 saturated heterocycles. The fraction of sp³-hybridized carbons (Fsp3) is 0.600. The van der Waals surface area contributed by atoms with Crippen molar-refractivity contribution in [3.8, 4) is 0 Å². The van der Waals surface area contributed by atoms with E-state index in [1.165, 1.54) is 0 Å². The monoisotopic (exact) mass is 262 g/mol. The van der Waals surface area contributed by atoms with Crippen molar-refractivity contribution >= 4 is 0 Å². The van der Waals surface area contributed by atoms with Crippen LogP contribution >= 0.6 is 0 Å². The average Bonchev–Trinajstić information content (AvgIpc) is 3.04. The first-order valence-electron chi connectivity index (χ1n) is 7.06. The Morgan fingerprint density at radius 1 is 1.42 bits per heavy atom. The summed E-state index contributed by atoms with van der Waals surface area (Å²) in [6.45, 7) is 9.75. The molecule has 0 radical (unpaired) electrons. The van der Waals surface area contributed by atoms with E-state index in [1.807, 2.05) is 12.1 Å². The molecule has 4 nitrogen and oxygen atoms in total. The third-order valence-electron chi connectivity index (χ3n) is 4.07. The SMILES string of the molecule is C=CCO[C@H]1C[C@H]2CN(Cc3ccco3)CCN2C1. The Balaban J connectivity index is 1.51. The molecular weight excluding hydrogens is 240 g/mol. The van der Waals surface area contributed by atoms with E-state index in [0.717, 1.165) is 44.9 Å². The second-order valence-electron chi connectivity index (χ2n) is 5.44. The quantitative estimate of drug-likeness (QED) is 0.756. The van der Waals surface area contributed by atoms with Gasteiger partial charge in [-0.25, -0.2) is 0 Å². The Morgan fingerprint density at radius 2 is 2.37 bits per heavy atom. The lowest BCUT2D eigenvalue weighted by molar-refractivity contribution is 0.0748. The molecular formula is C15H22N2O2. The third-order valence-corrected chi connectivity index (χ3v) is 4.07. The zero-order valence-electron chi connectivity index (χ0n) is 11.3. The van der Waals surface area contributed by atoms with Crippen molar-refractivity contribution in [2.45, 2.75) is 25.1 Å². The first kappa shape index (κ1) is 12.9.